The van der Waals surface area contributed by atoms with Crippen LogP contribution in [0.1, 0.15) is 16.8 Å². The molecule has 2 aromatic rings. The van der Waals surface area contributed by atoms with Crippen LogP contribution in [0.5, 0.6) is 0 Å². The molecule has 0 bridgehead atoms. The standard InChI is InChI=1S/C18H16ClN3O/c19-14-8-6-13(7-9-14)17(23)12-22-16-5-2-1-4-15(16)21-11-3-10-20-18(21)22/h1-2,4-9H,3,10-12H2. The van der Waals surface area contributed by atoms with Gasteiger partial charge in [-0.05, 0) is 42.8 Å². The number of benzene rings is 2. The molecule has 0 saturated carbocycles. The number of nitrogens with zero attached hydrogens (tertiary/aromatic N) is 3. The van der Waals surface area contributed by atoms with Crippen molar-refractivity contribution in [2.24, 2.45) is 4.99 Å². The number of halogens is 1. The zero-order valence-electron chi connectivity index (χ0n) is 12.6. The topological polar surface area (TPSA) is 35.9 Å². The molecule has 23 heavy (non-hydrogen) atoms. The Bertz CT molecular complexity index is 785. The van der Waals surface area contributed by atoms with Crippen molar-refractivity contribution in [3.8, 4) is 0 Å². The van der Waals surface area contributed by atoms with Crippen LogP contribution in [0.3, 0.4) is 0 Å². The van der Waals surface area contributed by atoms with Gasteiger partial charge in [-0.2, -0.15) is 0 Å². The molecule has 0 aromatic heterocycles. The normalized spacial score (nSPS) is 16.0. The molecule has 2 aliphatic heterocycles. The van der Waals surface area contributed by atoms with Gasteiger partial charge in [0.15, 0.2) is 5.78 Å². The van der Waals surface area contributed by atoms with E-state index in [2.05, 4.69) is 16.0 Å². The van der Waals surface area contributed by atoms with Gasteiger partial charge in [-0.1, -0.05) is 23.7 Å². The minimum absolute atomic E-state index is 0.0617. The predicted octanol–water partition coefficient (Wildman–Crippen LogP) is 3.61. The summed E-state index contributed by atoms with van der Waals surface area (Å²) >= 11 is 5.90. The lowest BCUT2D eigenvalue weighted by Gasteiger charge is -2.26. The molecule has 0 fully saturated rings. The maximum atomic E-state index is 12.6. The highest BCUT2D eigenvalue weighted by Gasteiger charge is 2.34. The first-order valence-electron chi connectivity index (χ1n) is 7.71. The number of carbonyl (C=O) groups is 1. The third-order valence-electron chi connectivity index (χ3n) is 4.21. The number of Topliss-reactive ketones (excluding diaryl/α,β-unsaturated/α-hetero) is 1. The average molecular weight is 326 g/mol. The number of rotatable bonds is 3. The summed E-state index contributed by atoms with van der Waals surface area (Å²) in [6, 6.07) is 15.2. The Morgan fingerprint density at radius 1 is 1.09 bits per heavy atom. The Morgan fingerprint density at radius 2 is 1.83 bits per heavy atom. The van der Waals surface area contributed by atoms with E-state index in [1.165, 1.54) is 0 Å². The summed E-state index contributed by atoms with van der Waals surface area (Å²) < 4.78 is 0. The smallest absolute Gasteiger partial charge is 0.206 e. The Labute approximate surface area is 140 Å². The van der Waals surface area contributed by atoms with Crippen molar-refractivity contribution in [3.63, 3.8) is 0 Å². The molecule has 5 heteroatoms. The second kappa shape index (κ2) is 5.70. The molecule has 0 radical (unpaired) electrons. The first kappa shape index (κ1) is 14.3. The van der Waals surface area contributed by atoms with Crippen LogP contribution in [-0.4, -0.2) is 31.4 Å². The van der Waals surface area contributed by atoms with Crippen LogP contribution in [0.4, 0.5) is 11.4 Å². The fourth-order valence-corrected chi connectivity index (χ4v) is 3.23. The van der Waals surface area contributed by atoms with Crippen molar-refractivity contribution in [2.75, 3.05) is 29.4 Å². The molecule has 4 nitrogen and oxygen atoms in total. The summed E-state index contributed by atoms with van der Waals surface area (Å²) in [6.07, 6.45) is 1.04. The molecule has 4 rings (SSSR count). The second-order valence-electron chi connectivity index (χ2n) is 5.69. The highest BCUT2D eigenvalue weighted by Crippen LogP contribution is 2.38. The summed E-state index contributed by atoms with van der Waals surface area (Å²) in [4.78, 5) is 21.5. The van der Waals surface area contributed by atoms with Crippen molar-refractivity contribution in [1.82, 2.24) is 0 Å². The second-order valence-corrected chi connectivity index (χ2v) is 6.13. The largest absolute Gasteiger partial charge is 0.310 e. The van der Waals surface area contributed by atoms with Crippen LogP contribution in [0.2, 0.25) is 5.02 Å². The number of carbonyl (C=O) groups excluding carboxylic acids is 1. The van der Waals surface area contributed by atoms with Gasteiger partial charge in [0.25, 0.3) is 0 Å². The van der Waals surface area contributed by atoms with E-state index in [1.807, 2.05) is 23.1 Å². The summed E-state index contributed by atoms with van der Waals surface area (Å²) in [5, 5.41) is 0.635. The van der Waals surface area contributed by atoms with Gasteiger partial charge in [-0.15, -0.1) is 0 Å². The van der Waals surface area contributed by atoms with Gasteiger partial charge in [0.2, 0.25) is 5.96 Å². The van der Waals surface area contributed by atoms with E-state index in [0.717, 1.165) is 36.8 Å². The minimum Gasteiger partial charge on any atom is -0.310 e. The summed E-state index contributed by atoms with van der Waals surface area (Å²) in [6.45, 7) is 2.04. The highest BCUT2D eigenvalue weighted by atomic mass is 35.5. The van der Waals surface area contributed by atoms with E-state index in [9.17, 15) is 4.79 Å². The van der Waals surface area contributed by atoms with Crippen LogP contribution in [0.15, 0.2) is 53.5 Å². The Hall–Kier alpha value is -2.33. The molecule has 0 atom stereocenters. The summed E-state index contributed by atoms with van der Waals surface area (Å²) in [5.41, 5.74) is 2.85. The first-order valence-corrected chi connectivity index (χ1v) is 8.09. The fraction of sp³-hybridized carbons (Fsp3) is 0.222. The molecule has 0 amide bonds. The molecule has 2 aromatic carbocycles. The van der Waals surface area contributed by atoms with E-state index in [1.54, 1.807) is 24.3 Å². The molecule has 0 spiro atoms. The van der Waals surface area contributed by atoms with Crippen LogP contribution in [0, 0.1) is 0 Å². The summed E-state index contributed by atoms with van der Waals surface area (Å²) in [5.74, 6) is 0.950. The van der Waals surface area contributed by atoms with Crippen LogP contribution >= 0.6 is 11.6 Å². The van der Waals surface area contributed by atoms with Crippen molar-refractivity contribution >= 4 is 34.7 Å². The number of aliphatic imine (C=N–C) groups is 1. The molecular weight excluding hydrogens is 310 g/mol. The zero-order chi connectivity index (χ0) is 15.8. The average Bonchev–Trinajstić information content (AvgIpc) is 2.90. The predicted molar refractivity (Wildman–Crippen MR) is 93.8 cm³/mol. The van der Waals surface area contributed by atoms with Gasteiger partial charge in [0.1, 0.15) is 0 Å². The highest BCUT2D eigenvalue weighted by molar-refractivity contribution is 6.30. The molecule has 116 valence electrons. The number of guanidine groups is 1. The zero-order valence-corrected chi connectivity index (χ0v) is 13.3. The van der Waals surface area contributed by atoms with Crippen molar-refractivity contribution in [1.29, 1.82) is 0 Å². The van der Waals surface area contributed by atoms with Gasteiger partial charge >= 0.3 is 0 Å². The van der Waals surface area contributed by atoms with E-state index in [4.69, 9.17) is 11.6 Å². The number of fused-ring (bicyclic) bond motifs is 3. The Balaban J connectivity index is 1.66. The van der Waals surface area contributed by atoms with Crippen molar-refractivity contribution in [3.05, 3.63) is 59.1 Å². The lowest BCUT2D eigenvalue weighted by Crippen LogP contribution is -2.43. The minimum atomic E-state index is 0.0617. The quantitative estimate of drug-likeness (QED) is 0.809. The van der Waals surface area contributed by atoms with Gasteiger partial charge in [0.05, 0.1) is 17.9 Å². The monoisotopic (exact) mass is 325 g/mol. The maximum absolute atomic E-state index is 12.6. The van der Waals surface area contributed by atoms with Crippen LogP contribution in [0.25, 0.3) is 0 Å². The van der Waals surface area contributed by atoms with Gasteiger partial charge in [-0.3, -0.25) is 9.79 Å². The number of anilines is 2. The lowest BCUT2D eigenvalue weighted by molar-refractivity contribution is 0.100. The molecule has 0 N–H and O–H groups in total. The Morgan fingerprint density at radius 3 is 2.61 bits per heavy atom. The van der Waals surface area contributed by atoms with Gasteiger partial charge in [0, 0.05) is 23.7 Å². The first-order chi connectivity index (χ1) is 11.2. The van der Waals surface area contributed by atoms with Crippen molar-refractivity contribution < 1.29 is 4.79 Å². The number of hydrogen-bond acceptors (Lipinski definition) is 4. The van der Waals surface area contributed by atoms with E-state index in [0.29, 0.717) is 10.6 Å². The van der Waals surface area contributed by atoms with Gasteiger partial charge < -0.3 is 9.80 Å². The molecule has 0 aliphatic carbocycles. The number of hydrogen-bond donors (Lipinski definition) is 0. The summed E-state index contributed by atoms with van der Waals surface area (Å²) in [7, 11) is 0. The molecule has 2 aliphatic rings. The van der Waals surface area contributed by atoms with Crippen molar-refractivity contribution in [2.45, 2.75) is 6.42 Å². The fourth-order valence-electron chi connectivity index (χ4n) is 3.11. The SMILES string of the molecule is O=C(CN1C2=NCCCN2c2ccccc21)c1ccc(Cl)cc1. The number of ketones is 1. The van der Waals surface area contributed by atoms with E-state index < -0.39 is 0 Å². The molecule has 2 heterocycles. The number of para-hydroxylation sites is 2. The maximum Gasteiger partial charge on any atom is 0.206 e. The van der Waals surface area contributed by atoms with E-state index >= 15 is 0 Å². The van der Waals surface area contributed by atoms with Crippen LogP contribution < -0.4 is 9.80 Å². The molecular formula is C18H16ClN3O. The van der Waals surface area contributed by atoms with Crippen LogP contribution in [-0.2, 0) is 0 Å². The van der Waals surface area contributed by atoms with Gasteiger partial charge in [-0.25, -0.2) is 0 Å². The Kier molecular flexibility index (Phi) is 3.54. The third-order valence-corrected chi connectivity index (χ3v) is 4.46. The molecule has 0 saturated heterocycles. The van der Waals surface area contributed by atoms with E-state index in [-0.39, 0.29) is 12.3 Å². The third kappa shape index (κ3) is 2.49. The molecule has 0 unspecified atom stereocenters. The lowest BCUT2D eigenvalue weighted by atomic mass is 10.1.